The average Bonchev–Trinajstić information content (AvgIpc) is 3.12. The van der Waals surface area contributed by atoms with Crippen LogP contribution in [0.3, 0.4) is 0 Å². The fraction of sp³-hybridized carbons (Fsp3) is 0.444. The maximum Gasteiger partial charge on any atom is 0.223 e. The third-order valence-corrected chi connectivity index (χ3v) is 4.28. The molecule has 1 fully saturated rings. The molecule has 3 heterocycles. The number of nitrogens with zero attached hydrogens (tertiary/aromatic N) is 2. The number of hydrogen-bond acceptors (Lipinski definition) is 4. The van der Waals surface area contributed by atoms with Gasteiger partial charge in [0.1, 0.15) is 11.5 Å². The molecule has 1 atom stereocenters. The highest BCUT2D eigenvalue weighted by molar-refractivity contribution is 5.78. The van der Waals surface area contributed by atoms with Crippen molar-refractivity contribution in [3.63, 3.8) is 0 Å². The summed E-state index contributed by atoms with van der Waals surface area (Å²) < 4.78 is 5.61. The van der Waals surface area contributed by atoms with Crippen LogP contribution in [-0.2, 0) is 17.9 Å². The van der Waals surface area contributed by atoms with Gasteiger partial charge >= 0.3 is 0 Å². The average molecular weight is 313 g/mol. The summed E-state index contributed by atoms with van der Waals surface area (Å²) in [6.07, 6.45) is 6.20. The van der Waals surface area contributed by atoms with Crippen LogP contribution in [0.4, 0.5) is 0 Å². The fourth-order valence-electron chi connectivity index (χ4n) is 3.05. The minimum Gasteiger partial charge on any atom is -0.464 e. The second-order valence-electron chi connectivity index (χ2n) is 6.05. The van der Waals surface area contributed by atoms with Gasteiger partial charge in [-0.05, 0) is 50.1 Å². The summed E-state index contributed by atoms with van der Waals surface area (Å²) in [6.45, 7) is 4.21. The van der Waals surface area contributed by atoms with E-state index >= 15 is 0 Å². The highest BCUT2D eigenvalue weighted by atomic mass is 16.3. The van der Waals surface area contributed by atoms with Crippen LogP contribution >= 0.6 is 0 Å². The number of likely N-dealkylation sites (tertiary alicyclic amines) is 1. The van der Waals surface area contributed by atoms with Gasteiger partial charge < -0.3 is 14.6 Å². The van der Waals surface area contributed by atoms with Crippen molar-refractivity contribution in [2.75, 3.05) is 6.54 Å². The lowest BCUT2D eigenvalue weighted by Crippen LogP contribution is -2.34. The summed E-state index contributed by atoms with van der Waals surface area (Å²) in [5.41, 5.74) is 1.18. The number of hydrogen-bond donors (Lipinski definition) is 1. The Morgan fingerprint density at radius 1 is 1.39 bits per heavy atom. The standard InChI is InChI=1S/C18H23N3O2/c1-14-4-6-17(23-14)13-21-16(5-7-18(21)22)8-10-20-12-15-3-2-9-19-11-15/h2-4,6,9,11,16,20H,5,7-8,10,12-13H2,1H3/t16-/m1/s1. The van der Waals surface area contributed by atoms with Crippen molar-refractivity contribution in [1.29, 1.82) is 0 Å². The van der Waals surface area contributed by atoms with Crippen LogP contribution in [0.5, 0.6) is 0 Å². The molecule has 1 aliphatic heterocycles. The van der Waals surface area contributed by atoms with E-state index in [2.05, 4.69) is 16.4 Å². The Balaban J connectivity index is 1.47. The molecule has 0 aromatic carbocycles. The summed E-state index contributed by atoms with van der Waals surface area (Å²) in [5.74, 6) is 1.99. The molecule has 23 heavy (non-hydrogen) atoms. The molecular formula is C18H23N3O2. The molecule has 1 aliphatic rings. The molecule has 0 spiro atoms. The van der Waals surface area contributed by atoms with Crippen molar-refractivity contribution in [2.45, 2.75) is 45.3 Å². The van der Waals surface area contributed by atoms with E-state index < -0.39 is 0 Å². The Morgan fingerprint density at radius 2 is 2.30 bits per heavy atom. The smallest absolute Gasteiger partial charge is 0.223 e. The fourth-order valence-corrected chi connectivity index (χ4v) is 3.05. The zero-order valence-electron chi connectivity index (χ0n) is 13.5. The van der Waals surface area contributed by atoms with E-state index in [1.165, 1.54) is 5.56 Å². The number of pyridine rings is 1. The van der Waals surface area contributed by atoms with Crippen molar-refractivity contribution in [3.05, 3.63) is 53.7 Å². The van der Waals surface area contributed by atoms with E-state index in [1.54, 1.807) is 6.20 Å². The number of amides is 1. The van der Waals surface area contributed by atoms with Gasteiger partial charge in [0.15, 0.2) is 0 Å². The lowest BCUT2D eigenvalue weighted by molar-refractivity contribution is -0.129. The lowest BCUT2D eigenvalue weighted by Gasteiger charge is -2.24. The van der Waals surface area contributed by atoms with Gasteiger partial charge in [-0.1, -0.05) is 6.07 Å². The van der Waals surface area contributed by atoms with Crippen LogP contribution < -0.4 is 5.32 Å². The van der Waals surface area contributed by atoms with Crippen LogP contribution in [0, 0.1) is 6.92 Å². The maximum atomic E-state index is 12.1. The van der Waals surface area contributed by atoms with E-state index in [4.69, 9.17) is 4.42 Å². The highest BCUT2D eigenvalue weighted by Gasteiger charge is 2.30. The number of furan rings is 1. The molecular weight excluding hydrogens is 290 g/mol. The van der Waals surface area contributed by atoms with Crippen molar-refractivity contribution < 1.29 is 9.21 Å². The van der Waals surface area contributed by atoms with Crippen LogP contribution in [0.1, 0.15) is 36.3 Å². The molecule has 0 bridgehead atoms. The largest absolute Gasteiger partial charge is 0.464 e. The van der Waals surface area contributed by atoms with E-state index in [0.29, 0.717) is 19.0 Å². The Morgan fingerprint density at radius 3 is 3.04 bits per heavy atom. The molecule has 5 heteroatoms. The maximum absolute atomic E-state index is 12.1. The van der Waals surface area contributed by atoms with Crippen molar-refractivity contribution in [3.8, 4) is 0 Å². The first-order chi connectivity index (χ1) is 11.2. The quantitative estimate of drug-likeness (QED) is 0.798. The van der Waals surface area contributed by atoms with E-state index in [1.807, 2.05) is 36.2 Å². The molecule has 122 valence electrons. The van der Waals surface area contributed by atoms with Gasteiger partial charge in [-0.25, -0.2) is 0 Å². The highest BCUT2D eigenvalue weighted by Crippen LogP contribution is 2.24. The number of nitrogens with one attached hydrogen (secondary N) is 1. The Hall–Kier alpha value is -2.14. The Kier molecular flexibility index (Phi) is 5.08. The van der Waals surface area contributed by atoms with Crippen LogP contribution in [0.25, 0.3) is 0 Å². The molecule has 1 N–H and O–H groups in total. The molecule has 1 saturated heterocycles. The van der Waals surface area contributed by atoms with Gasteiger partial charge in [0.25, 0.3) is 0 Å². The monoisotopic (exact) mass is 313 g/mol. The summed E-state index contributed by atoms with van der Waals surface area (Å²) in [5, 5.41) is 3.43. The predicted molar refractivity (Wildman–Crippen MR) is 87.6 cm³/mol. The summed E-state index contributed by atoms with van der Waals surface area (Å²) in [4.78, 5) is 18.2. The second-order valence-corrected chi connectivity index (χ2v) is 6.05. The van der Waals surface area contributed by atoms with E-state index in [-0.39, 0.29) is 5.91 Å². The van der Waals surface area contributed by atoms with Crippen molar-refractivity contribution in [1.82, 2.24) is 15.2 Å². The molecule has 3 rings (SSSR count). The van der Waals surface area contributed by atoms with Crippen LogP contribution in [0.15, 0.2) is 41.1 Å². The van der Waals surface area contributed by atoms with Gasteiger partial charge in [-0.15, -0.1) is 0 Å². The summed E-state index contributed by atoms with van der Waals surface area (Å²) >= 11 is 0. The zero-order chi connectivity index (χ0) is 16.1. The SMILES string of the molecule is Cc1ccc(CN2C(=O)CC[C@@H]2CCNCc2cccnc2)o1. The van der Waals surface area contributed by atoms with E-state index in [0.717, 1.165) is 37.5 Å². The zero-order valence-corrected chi connectivity index (χ0v) is 13.5. The number of aryl methyl sites for hydroxylation is 1. The molecule has 2 aromatic rings. The van der Waals surface area contributed by atoms with Gasteiger partial charge in [-0.2, -0.15) is 0 Å². The third kappa shape index (κ3) is 4.20. The van der Waals surface area contributed by atoms with Gasteiger partial charge in [-0.3, -0.25) is 9.78 Å². The topological polar surface area (TPSA) is 58.4 Å². The number of aromatic nitrogens is 1. The second kappa shape index (κ2) is 7.42. The van der Waals surface area contributed by atoms with Crippen LogP contribution in [0.2, 0.25) is 0 Å². The minimum absolute atomic E-state index is 0.233. The number of rotatable bonds is 7. The normalized spacial score (nSPS) is 17.9. The van der Waals surface area contributed by atoms with Crippen molar-refractivity contribution in [2.24, 2.45) is 0 Å². The molecule has 5 nitrogen and oxygen atoms in total. The molecule has 0 aliphatic carbocycles. The summed E-state index contributed by atoms with van der Waals surface area (Å²) in [6, 6.07) is 8.21. The van der Waals surface area contributed by atoms with E-state index in [9.17, 15) is 4.79 Å². The number of carbonyl (C=O) groups excluding carboxylic acids is 1. The molecule has 0 saturated carbocycles. The minimum atomic E-state index is 0.233. The molecule has 0 radical (unpaired) electrons. The van der Waals surface area contributed by atoms with Gasteiger partial charge in [0.2, 0.25) is 5.91 Å². The first kappa shape index (κ1) is 15.7. The Bertz CT molecular complexity index is 639. The van der Waals surface area contributed by atoms with Crippen LogP contribution in [-0.4, -0.2) is 28.4 Å². The Labute approximate surface area is 136 Å². The van der Waals surface area contributed by atoms with Crippen molar-refractivity contribution >= 4 is 5.91 Å². The summed E-state index contributed by atoms with van der Waals surface area (Å²) in [7, 11) is 0. The van der Waals surface area contributed by atoms with Gasteiger partial charge in [0, 0.05) is 31.4 Å². The number of carbonyl (C=O) groups is 1. The van der Waals surface area contributed by atoms with Gasteiger partial charge in [0.05, 0.1) is 6.54 Å². The first-order valence-electron chi connectivity index (χ1n) is 8.17. The first-order valence-corrected chi connectivity index (χ1v) is 8.17. The third-order valence-electron chi connectivity index (χ3n) is 4.28. The predicted octanol–water partition coefficient (Wildman–Crippen LogP) is 2.65. The lowest BCUT2D eigenvalue weighted by atomic mass is 10.1. The molecule has 0 unspecified atom stereocenters. The molecule has 2 aromatic heterocycles. The molecule has 1 amide bonds.